The van der Waals surface area contributed by atoms with Crippen molar-refractivity contribution < 1.29 is 0 Å². The van der Waals surface area contributed by atoms with Gasteiger partial charge < -0.3 is 5.73 Å². The van der Waals surface area contributed by atoms with Gasteiger partial charge in [-0.3, -0.25) is 0 Å². The lowest BCUT2D eigenvalue weighted by atomic mass is 10.1. The number of halogens is 1. The van der Waals surface area contributed by atoms with E-state index in [4.69, 9.17) is 17.3 Å². The van der Waals surface area contributed by atoms with Gasteiger partial charge in [0.2, 0.25) is 0 Å². The molecule has 68 valence electrons. The third kappa shape index (κ3) is 1.62. The van der Waals surface area contributed by atoms with E-state index >= 15 is 0 Å². The molecule has 0 amide bonds. The zero-order valence-corrected chi connectivity index (χ0v) is 8.14. The Hall–Kier alpha value is -0.790. The predicted octanol–water partition coefficient (Wildman–Crippen LogP) is 2.63. The van der Waals surface area contributed by atoms with Crippen LogP contribution in [0.1, 0.15) is 17.5 Å². The Morgan fingerprint density at radius 2 is 2.23 bits per heavy atom. The topological polar surface area (TPSA) is 26.0 Å². The molecule has 0 atom stereocenters. The quantitative estimate of drug-likeness (QED) is 0.768. The summed E-state index contributed by atoms with van der Waals surface area (Å²) in [5, 5.41) is 0.876. The smallest absolute Gasteiger partial charge is 0.0447 e. The molecule has 0 aromatic heterocycles. The monoisotopic (exact) mass is 193 g/mol. The molecule has 1 nitrogen and oxygen atoms in total. The van der Waals surface area contributed by atoms with Crippen LogP contribution in [0.4, 0.5) is 0 Å². The molecule has 0 bridgehead atoms. The predicted molar refractivity (Wildman–Crippen MR) is 56.8 cm³/mol. The molecule has 2 rings (SSSR count). The van der Waals surface area contributed by atoms with Crippen LogP contribution in [0, 0.1) is 0 Å². The lowest BCUT2D eigenvalue weighted by molar-refractivity contribution is 0.927. The maximum absolute atomic E-state index is 6.07. The van der Waals surface area contributed by atoms with Crippen LogP contribution in [0.15, 0.2) is 23.8 Å². The highest BCUT2D eigenvalue weighted by Gasteiger charge is 2.13. The Morgan fingerprint density at radius 1 is 1.38 bits per heavy atom. The van der Waals surface area contributed by atoms with Crippen LogP contribution in [-0.2, 0) is 6.42 Å². The van der Waals surface area contributed by atoms with Crippen molar-refractivity contribution in [2.75, 3.05) is 6.54 Å². The molecule has 1 aliphatic rings. The standard InChI is InChI=1S/C11H12ClN/c12-11-3-1-2-9-6-8(4-5-13)7-10(9)11/h1-3,6H,4-5,7,13H2. The van der Waals surface area contributed by atoms with Crippen molar-refractivity contribution >= 4 is 17.7 Å². The van der Waals surface area contributed by atoms with Gasteiger partial charge in [-0.25, -0.2) is 0 Å². The zero-order chi connectivity index (χ0) is 9.26. The van der Waals surface area contributed by atoms with Crippen molar-refractivity contribution in [1.82, 2.24) is 0 Å². The summed E-state index contributed by atoms with van der Waals surface area (Å²) in [4.78, 5) is 0. The molecule has 2 heteroatoms. The van der Waals surface area contributed by atoms with E-state index in [1.807, 2.05) is 12.1 Å². The summed E-state index contributed by atoms with van der Waals surface area (Å²) in [6.45, 7) is 0.720. The normalized spacial score (nSPS) is 14.2. The SMILES string of the molecule is NCCC1=Cc2cccc(Cl)c2C1. The van der Waals surface area contributed by atoms with E-state index in [0.29, 0.717) is 0 Å². The summed E-state index contributed by atoms with van der Waals surface area (Å²) < 4.78 is 0. The lowest BCUT2D eigenvalue weighted by Crippen LogP contribution is -2.00. The summed E-state index contributed by atoms with van der Waals surface area (Å²) >= 11 is 6.07. The van der Waals surface area contributed by atoms with E-state index in [9.17, 15) is 0 Å². The average molecular weight is 194 g/mol. The average Bonchev–Trinajstić information content (AvgIpc) is 2.49. The van der Waals surface area contributed by atoms with Gasteiger partial charge in [0.25, 0.3) is 0 Å². The first-order valence-electron chi connectivity index (χ1n) is 4.48. The molecule has 0 saturated carbocycles. The van der Waals surface area contributed by atoms with Gasteiger partial charge in [0.05, 0.1) is 0 Å². The number of fused-ring (bicyclic) bond motifs is 1. The second-order valence-electron chi connectivity index (χ2n) is 3.33. The van der Waals surface area contributed by atoms with Crippen LogP contribution < -0.4 is 5.73 Å². The van der Waals surface area contributed by atoms with Gasteiger partial charge in [0.15, 0.2) is 0 Å². The second-order valence-corrected chi connectivity index (χ2v) is 3.73. The summed E-state index contributed by atoms with van der Waals surface area (Å²) in [5.74, 6) is 0. The van der Waals surface area contributed by atoms with Gasteiger partial charge in [0.1, 0.15) is 0 Å². The Kier molecular flexibility index (Phi) is 2.38. The number of hydrogen-bond donors (Lipinski definition) is 1. The minimum Gasteiger partial charge on any atom is -0.330 e. The highest BCUT2D eigenvalue weighted by atomic mass is 35.5. The molecule has 0 fully saturated rings. The Morgan fingerprint density at radius 3 is 2.92 bits per heavy atom. The molecular formula is C11H12ClN. The number of benzene rings is 1. The third-order valence-electron chi connectivity index (χ3n) is 2.38. The van der Waals surface area contributed by atoms with Gasteiger partial charge in [-0.05, 0) is 36.6 Å². The maximum Gasteiger partial charge on any atom is 0.0447 e. The zero-order valence-electron chi connectivity index (χ0n) is 7.39. The van der Waals surface area contributed by atoms with Crippen LogP contribution in [0.2, 0.25) is 5.02 Å². The third-order valence-corrected chi connectivity index (χ3v) is 2.74. The Labute approximate surface area is 83.2 Å². The van der Waals surface area contributed by atoms with Crippen molar-refractivity contribution in [3.63, 3.8) is 0 Å². The fourth-order valence-corrected chi connectivity index (χ4v) is 1.99. The van der Waals surface area contributed by atoms with Crippen LogP contribution in [0.3, 0.4) is 0 Å². The van der Waals surface area contributed by atoms with E-state index in [-0.39, 0.29) is 0 Å². The van der Waals surface area contributed by atoms with Crippen molar-refractivity contribution in [3.05, 3.63) is 39.9 Å². The summed E-state index contributed by atoms with van der Waals surface area (Å²) in [5.41, 5.74) is 9.42. The number of rotatable bonds is 2. The van der Waals surface area contributed by atoms with Crippen molar-refractivity contribution in [2.24, 2.45) is 5.73 Å². The summed E-state index contributed by atoms with van der Waals surface area (Å²) in [7, 11) is 0. The summed E-state index contributed by atoms with van der Waals surface area (Å²) in [6, 6.07) is 6.04. The molecule has 13 heavy (non-hydrogen) atoms. The van der Waals surface area contributed by atoms with Gasteiger partial charge in [-0.15, -0.1) is 0 Å². The van der Waals surface area contributed by atoms with Crippen molar-refractivity contribution in [2.45, 2.75) is 12.8 Å². The number of hydrogen-bond acceptors (Lipinski definition) is 1. The second kappa shape index (κ2) is 3.52. The minimum absolute atomic E-state index is 0.720. The van der Waals surface area contributed by atoms with Gasteiger partial charge >= 0.3 is 0 Å². The maximum atomic E-state index is 6.07. The highest BCUT2D eigenvalue weighted by Crippen LogP contribution is 2.31. The van der Waals surface area contributed by atoms with E-state index < -0.39 is 0 Å². The molecule has 1 aromatic carbocycles. The van der Waals surface area contributed by atoms with Gasteiger partial charge in [-0.2, -0.15) is 0 Å². The first-order chi connectivity index (χ1) is 6.31. The molecule has 1 aromatic rings. The molecule has 0 aliphatic heterocycles. The molecule has 1 aliphatic carbocycles. The molecule has 0 heterocycles. The molecule has 0 spiro atoms. The van der Waals surface area contributed by atoms with Gasteiger partial charge in [0, 0.05) is 5.02 Å². The fraction of sp³-hybridized carbons (Fsp3) is 0.273. The van der Waals surface area contributed by atoms with E-state index in [1.165, 1.54) is 16.7 Å². The Bertz CT molecular complexity index is 355. The van der Waals surface area contributed by atoms with Gasteiger partial charge in [-0.1, -0.05) is 35.4 Å². The highest BCUT2D eigenvalue weighted by molar-refractivity contribution is 6.31. The molecule has 2 N–H and O–H groups in total. The summed E-state index contributed by atoms with van der Waals surface area (Å²) in [6.07, 6.45) is 4.16. The van der Waals surface area contributed by atoms with Crippen molar-refractivity contribution in [3.8, 4) is 0 Å². The van der Waals surface area contributed by atoms with Crippen LogP contribution in [0.25, 0.3) is 6.08 Å². The van der Waals surface area contributed by atoms with E-state index in [1.54, 1.807) is 0 Å². The largest absolute Gasteiger partial charge is 0.330 e. The molecular weight excluding hydrogens is 182 g/mol. The van der Waals surface area contributed by atoms with Crippen molar-refractivity contribution in [1.29, 1.82) is 0 Å². The Balaban J connectivity index is 2.30. The first-order valence-corrected chi connectivity index (χ1v) is 4.86. The first kappa shape index (κ1) is 8.79. The van der Waals surface area contributed by atoms with Crippen LogP contribution >= 0.6 is 11.6 Å². The minimum atomic E-state index is 0.720. The molecule has 0 unspecified atom stereocenters. The molecule has 0 radical (unpaired) electrons. The fourth-order valence-electron chi connectivity index (χ4n) is 1.74. The van der Waals surface area contributed by atoms with E-state index in [2.05, 4.69) is 12.1 Å². The number of nitrogens with two attached hydrogens (primary N) is 1. The van der Waals surface area contributed by atoms with Crippen LogP contribution in [-0.4, -0.2) is 6.54 Å². The lowest BCUT2D eigenvalue weighted by Gasteiger charge is -2.01. The molecule has 0 saturated heterocycles. The van der Waals surface area contributed by atoms with E-state index in [0.717, 1.165) is 24.4 Å². The van der Waals surface area contributed by atoms with Crippen LogP contribution in [0.5, 0.6) is 0 Å².